The Labute approximate surface area is 122 Å². The fourth-order valence-corrected chi connectivity index (χ4v) is 2.99. The summed E-state index contributed by atoms with van der Waals surface area (Å²) in [4.78, 5) is 14.9. The first-order valence-corrected chi connectivity index (χ1v) is 7.65. The van der Waals surface area contributed by atoms with Crippen LogP contribution in [-0.4, -0.2) is 24.5 Å². The quantitative estimate of drug-likeness (QED) is 0.878. The van der Waals surface area contributed by atoms with Gasteiger partial charge in [-0.2, -0.15) is 0 Å². The molecule has 110 valence electrons. The van der Waals surface area contributed by atoms with E-state index in [0.29, 0.717) is 5.69 Å². The van der Waals surface area contributed by atoms with Gasteiger partial charge < -0.3 is 5.11 Å². The van der Waals surface area contributed by atoms with Crippen LogP contribution in [0.15, 0.2) is 53.6 Å². The van der Waals surface area contributed by atoms with Crippen LogP contribution in [0.1, 0.15) is 29.0 Å². The molecule has 2 N–H and O–H groups in total. The Morgan fingerprint density at radius 1 is 1.19 bits per heavy atom. The van der Waals surface area contributed by atoms with Gasteiger partial charge in [-0.3, -0.25) is 4.98 Å². The van der Waals surface area contributed by atoms with Crippen molar-refractivity contribution in [3.8, 4) is 0 Å². The predicted molar refractivity (Wildman–Crippen MR) is 76.4 cm³/mol. The molecule has 0 amide bonds. The lowest BCUT2D eigenvalue weighted by Crippen LogP contribution is -2.27. The van der Waals surface area contributed by atoms with E-state index in [-0.39, 0.29) is 10.5 Å². The third-order valence-electron chi connectivity index (χ3n) is 2.87. The van der Waals surface area contributed by atoms with Crippen molar-refractivity contribution >= 4 is 16.0 Å². The molecule has 1 aromatic carbocycles. The first kappa shape index (κ1) is 15.1. The SMILES string of the molecule is C[C@@H](NS(=O)(=O)c1ccc(C(=O)O)cc1)c1ccccn1. The molecule has 0 aliphatic rings. The minimum atomic E-state index is -3.73. The summed E-state index contributed by atoms with van der Waals surface area (Å²) in [5, 5.41) is 8.80. The summed E-state index contributed by atoms with van der Waals surface area (Å²) in [7, 11) is -3.73. The Bertz CT molecular complexity index is 727. The molecule has 7 heteroatoms. The Morgan fingerprint density at radius 2 is 1.86 bits per heavy atom. The van der Waals surface area contributed by atoms with E-state index in [1.54, 1.807) is 31.3 Å². The zero-order chi connectivity index (χ0) is 15.5. The fraction of sp³-hybridized carbons (Fsp3) is 0.143. The molecule has 0 fully saturated rings. The van der Waals surface area contributed by atoms with Crippen LogP contribution in [0, 0.1) is 0 Å². The van der Waals surface area contributed by atoms with Gasteiger partial charge >= 0.3 is 5.97 Å². The number of carboxylic acids is 1. The van der Waals surface area contributed by atoms with Crippen LogP contribution in [-0.2, 0) is 10.0 Å². The molecule has 1 aromatic heterocycles. The number of nitrogens with zero attached hydrogens (tertiary/aromatic N) is 1. The van der Waals surface area contributed by atoms with Crippen molar-refractivity contribution < 1.29 is 18.3 Å². The van der Waals surface area contributed by atoms with Crippen LogP contribution in [0.4, 0.5) is 0 Å². The van der Waals surface area contributed by atoms with Gasteiger partial charge in [0.05, 0.1) is 22.2 Å². The summed E-state index contributed by atoms with van der Waals surface area (Å²) in [6.45, 7) is 1.69. The lowest BCUT2D eigenvalue weighted by molar-refractivity contribution is 0.0696. The van der Waals surface area contributed by atoms with Crippen molar-refractivity contribution in [2.45, 2.75) is 17.9 Å². The van der Waals surface area contributed by atoms with Gasteiger partial charge in [0.25, 0.3) is 0 Å². The minimum Gasteiger partial charge on any atom is -0.478 e. The highest BCUT2D eigenvalue weighted by molar-refractivity contribution is 7.89. The van der Waals surface area contributed by atoms with Gasteiger partial charge in [-0.25, -0.2) is 17.9 Å². The van der Waals surface area contributed by atoms with E-state index in [4.69, 9.17) is 5.11 Å². The number of aromatic carboxylic acids is 1. The average Bonchev–Trinajstić information content (AvgIpc) is 2.48. The third-order valence-corrected chi connectivity index (χ3v) is 4.43. The number of aromatic nitrogens is 1. The van der Waals surface area contributed by atoms with Crippen LogP contribution in [0.2, 0.25) is 0 Å². The summed E-state index contributed by atoms with van der Waals surface area (Å²) in [5.41, 5.74) is 0.634. The van der Waals surface area contributed by atoms with Gasteiger partial charge in [0, 0.05) is 6.20 Å². The van der Waals surface area contributed by atoms with Crippen molar-refractivity contribution in [3.63, 3.8) is 0 Å². The maximum absolute atomic E-state index is 12.2. The number of pyridine rings is 1. The smallest absolute Gasteiger partial charge is 0.335 e. The number of benzene rings is 1. The van der Waals surface area contributed by atoms with Crippen molar-refractivity contribution in [2.24, 2.45) is 0 Å². The van der Waals surface area contributed by atoms with Gasteiger partial charge in [0.2, 0.25) is 10.0 Å². The van der Waals surface area contributed by atoms with Gasteiger partial charge in [-0.05, 0) is 43.3 Å². The van der Waals surface area contributed by atoms with Crippen LogP contribution < -0.4 is 4.72 Å². The molecule has 1 heterocycles. The van der Waals surface area contributed by atoms with Gasteiger partial charge in [0.15, 0.2) is 0 Å². The van der Waals surface area contributed by atoms with Crippen molar-refractivity contribution in [3.05, 3.63) is 59.9 Å². The maximum atomic E-state index is 12.2. The number of sulfonamides is 1. The molecule has 21 heavy (non-hydrogen) atoms. The largest absolute Gasteiger partial charge is 0.478 e. The molecule has 0 aliphatic carbocycles. The lowest BCUT2D eigenvalue weighted by Gasteiger charge is -2.13. The zero-order valence-electron chi connectivity index (χ0n) is 11.2. The molecule has 0 saturated carbocycles. The number of carbonyl (C=O) groups is 1. The standard InChI is InChI=1S/C14H14N2O4S/c1-10(13-4-2-3-9-15-13)16-21(19,20)12-7-5-11(6-8-12)14(17)18/h2-10,16H,1H3,(H,17,18)/t10-/m1/s1. The summed E-state index contributed by atoms with van der Waals surface area (Å²) in [6, 6.07) is 9.78. The van der Waals surface area contributed by atoms with E-state index in [0.717, 1.165) is 0 Å². The molecular weight excluding hydrogens is 292 g/mol. The summed E-state index contributed by atoms with van der Waals surface area (Å²) >= 11 is 0. The molecular formula is C14H14N2O4S. The molecule has 2 rings (SSSR count). The van der Waals surface area contributed by atoms with E-state index in [1.165, 1.54) is 24.3 Å². The van der Waals surface area contributed by atoms with E-state index in [1.807, 2.05) is 0 Å². The van der Waals surface area contributed by atoms with Crippen molar-refractivity contribution in [2.75, 3.05) is 0 Å². The van der Waals surface area contributed by atoms with Gasteiger partial charge in [-0.1, -0.05) is 6.07 Å². The molecule has 6 nitrogen and oxygen atoms in total. The number of rotatable bonds is 5. The highest BCUT2D eigenvalue weighted by Crippen LogP contribution is 2.15. The average molecular weight is 306 g/mol. The first-order chi connectivity index (χ1) is 9.90. The van der Waals surface area contributed by atoms with Crippen LogP contribution in [0.3, 0.4) is 0 Å². The molecule has 0 radical (unpaired) electrons. The van der Waals surface area contributed by atoms with E-state index in [2.05, 4.69) is 9.71 Å². The van der Waals surface area contributed by atoms with Gasteiger partial charge in [0.1, 0.15) is 0 Å². The molecule has 0 aliphatic heterocycles. The van der Waals surface area contributed by atoms with Crippen LogP contribution in [0.5, 0.6) is 0 Å². The number of nitrogens with one attached hydrogen (secondary N) is 1. The second-order valence-electron chi connectivity index (χ2n) is 4.43. The number of hydrogen-bond donors (Lipinski definition) is 2. The summed E-state index contributed by atoms with van der Waals surface area (Å²) in [6.07, 6.45) is 1.59. The molecule has 0 spiro atoms. The Morgan fingerprint density at radius 3 is 2.38 bits per heavy atom. The van der Waals surface area contributed by atoms with Gasteiger partial charge in [-0.15, -0.1) is 0 Å². The zero-order valence-corrected chi connectivity index (χ0v) is 12.0. The first-order valence-electron chi connectivity index (χ1n) is 6.17. The lowest BCUT2D eigenvalue weighted by atomic mass is 10.2. The maximum Gasteiger partial charge on any atom is 0.335 e. The normalized spacial score (nSPS) is 12.8. The molecule has 0 saturated heterocycles. The molecule has 0 unspecified atom stereocenters. The third kappa shape index (κ3) is 3.65. The van der Waals surface area contributed by atoms with Crippen molar-refractivity contribution in [1.29, 1.82) is 0 Å². The molecule has 2 aromatic rings. The van der Waals surface area contributed by atoms with Crippen LogP contribution >= 0.6 is 0 Å². The second-order valence-corrected chi connectivity index (χ2v) is 6.14. The van der Waals surface area contributed by atoms with E-state index < -0.39 is 22.0 Å². The van der Waals surface area contributed by atoms with E-state index in [9.17, 15) is 13.2 Å². The highest BCUT2D eigenvalue weighted by Gasteiger charge is 2.19. The topological polar surface area (TPSA) is 96.4 Å². The Hall–Kier alpha value is -2.25. The fourth-order valence-electron chi connectivity index (χ4n) is 1.77. The Balaban J connectivity index is 2.20. The monoisotopic (exact) mass is 306 g/mol. The highest BCUT2D eigenvalue weighted by atomic mass is 32.2. The van der Waals surface area contributed by atoms with E-state index >= 15 is 0 Å². The predicted octanol–water partition coefficient (Wildman–Crippen LogP) is 1.82. The number of carboxylic acid groups (broad SMARTS) is 1. The summed E-state index contributed by atoms with van der Waals surface area (Å²) in [5.74, 6) is -1.10. The Kier molecular flexibility index (Phi) is 4.35. The number of hydrogen-bond acceptors (Lipinski definition) is 4. The second kappa shape index (κ2) is 6.02. The van der Waals surface area contributed by atoms with Crippen molar-refractivity contribution in [1.82, 2.24) is 9.71 Å². The minimum absolute atomic E-state index is 0.00952. The molecule has 1 atom stereocenters. The molecule has 0 bridgehead atoms. The summed E-state index contributed by atoms with van der Waals surface area (Å²) < 4.78 is 26.9. The van der Waals surface area contributed by atoms with Crippen LogP contribution in [0.25, 0.3) is 0 Å².